The van der Waals surface area contributed by atoms with E-state index in [-0.39, 0.29) is 5.82 Å². The second-order valence-electron chi connectivity index (χ2n) is 4.52. The lowest BCUT2D eigenvalue weighted by molar-refractivity contribution is 0.448. The van der Waals surface area contributed by atoms with Gasteiger partial charge >= 0.3 is 0 Å². The largest absolute Gasteiger partial charge is 0.316 e. The van der Waals surface area contributed by atoms with Gasteiger partial charge in [-0.15, -0.1) is 0 Å². The zero-order valence-corrected chi connectivity index (χ0v) is 8.54. The molecule has 1 aromatic rings. The van der Waals surface area contributed by atoms with Crippen molar-refractivity contribution in [1.29, 1.82) is 0 Å². The highest BCUT2D eigenvalue weighted by Gasteiger charge is 2.39. The van der Waals surface area contributed by atoms with Gasteiger partial charge in [0.05, 0.1) is 0 Å². The Bertz CT molecular complexity index is 366. The summed E-state index contributed by atoms with van der Waals surface area (Å²) >= 11 is 0. The molecule has 2 heterocycles. The molecule has 0 radical (unpaired) electrons. The van der Waals surface area contributed by atoms with Gasteiger partial charge in [0.2, 0.25) is 0 Å². The van der Waals surface area contributed by atoms with Crippen LogP contribution in [0.15, 0.2) is 24.3 Å². The Balaban J connectivity index is 1.88. The second kappa shape index (κ2) is 3.58. The highest BCUT2D eigenvalue weighted by atomic mass is 19.1. The maximum atomic E-state index is 13.1. The minimum Gasteiger partial charge on any atom is -0.316 e. The summed E-state index contributed by atoms with van der Waals surface area (Å²) in [5.74, 6) is 1.22. The van der Waals surface area contributed by atoms with E-state index in [4.69, 9.17) is 0 Å². The molecule has 2 N–H and O–H groups in total. The van der Waals surface area contributed by atoms with Gasteiger partial charge in [-0.05, 0) is 36.1 Å². The lowest BCUT2D eigenvalue weighted by Gasteiger charge is -2.18. The molecule has 2 nitrogen and oxygen atoms in total. The van der Waals surface area contributed by atoms with Gasteiger partial charge in [0.1, 0.15) is 5.82 Å². The fourth-order valence-electron chi connectivity index (χ4n) is 2.86. The smallest absolute Gasteiger partial charge is 0.123 e. The van der Waals surface area contributed by atoms with Gasteiger partial charge in [0.25, 0.3) is 0 Å². The van der Waals surface area contributed by atoms with Crippen LogP contribution in [-0.4, -0.2) is 19.6 Å². The predicted octanol–water partition coefficient (Wildman–Crippen LogP) is 1.31. The molecular formula is C12H15FN2. The molecule has 0 spiro atoms. The normalized spacial score (nSPS) is 34.3. The molecule has 0 amide bonds. The molecule has 2 aliphatic heterocycles. The summed E-state index contributed by atoms with van der Waals surface area (Å²) in [6.45, 7) is 3.21. The Morgan fingerprint density at radius 3 is 3.00 bits per heavy atom. The van der Waals surface area contributed by atoms with Gasteiger partial charge in [-0.2, -0.15) is 0 Å². The second-order valence-corrected chi connectivity index (χ2v) is 4.52. The summed E-state index contributed by atoms with van der Waals surface area (Å²) in [7, 11) is 0. The molecule has 2 saturated heterocycles. The SMILES string of the molecule is Fc1cccc([C@@H]2NC[C@@H]3CNC[C@@H]32)c1. The fraction of sp³-hybridized carbons (Fsp3) is 0.500. The molecule has 0 unspecified atom stereocenters. The molecule has 2 aliphatic rings. The number of benzene rings is 1. The Morgan fingerprint density at radius 1 is 1.20 bits per heavy atom. The molecular weight excluding hydrogens is 191 g/mol. The maximum Gasteiger partial charge on any atom is 0.123 e. The first-order valence-electron chi connectivity index (χ1n) is 5.54. The van der Waals surface area contributed by atoms with E-state index in [1.165, 1.54) is 6.07 Å². The van der Waals surface area contributed by atoms with E-state index in [9.17, 15) is 4.39 Å². The third-order valence-electron chi connectivity index (χ3n) is 3.63. The van der Waals surface area contributed by atoms with Crippen LogP contribution in [0.25, 0.3) is 0 Å². The molecule has 0 bridgehead atoms. The van der Waals surface area contributed by atoms with Gasteiger partial charge in [-0.1, -0.05) is 12.1 Å². The van der Waals surface area contributed by atoms with Gasteiger partial charge in [0.15, 0.2) is 0 Å². The van der Waals surface area contributed by atoms with Crippen molar-refractivity contribution in [2.24, 2.45) is 11.8 Å². The van der Waals surface area contributed by atoms with E-state index in [1.807, 2.05) is 6.07 Å². The minimum atomic E-state index is -0.135. The van der Waals surface area contributed by atoms with Crippen molar-refractivity contribution in [3.8, 4) is 0 Å². The molecule has 3 atom stereocenters. The monoisotopic (exact) mass is 206 g/mol. The number of nitrogens with one attached hydrogen (secondary N) is 2. The molecule has 1 aromatic carbocycles. The summed E-state index contributed by atoms with van der Waals surface area (Å²) in [6, 6.07) is 7.30. The molecule has 80 valence electrons. The van der Waals surface area contributed by atoms with E-state index in [0.717, 1.165) is 31.1 Å². The van der Waals surface area contributed by atoms with Crippen LogP contribution in [0.2, 0.25) is 0 Å². The van der Waals surface area contributed by atoms with E-state index in [1.54, 1.807) is 12.1 Å². The Kier molecular flexibility index (Phi) is 2.22. The van der Waals surface area contributed by atoms with Crippen LogP contribution >= 0.6 is 0 Å². The maximum absolute atomic E-state index is 13.1. The first kappa shape index (κ1) is 9.31. The average Bonchev–Trinajstić information content (AvgIpc) is 2.77. The van der Waals surface area contributed by atoms with Crippen LogP contribution in [0.4, 0.5) is 4.39 Å². The zero-order valence-electron chi connectivity index (χ0n) is 8.54. The Labute approximate surface area is 88.9 Å². The van der Waals surface area contributed by atoms with Crippen molar-refractivity contribution in [2.75, 3.05) is 19.6 Å². The van der Waals surface area contributed by atoms with Crippen LogP contribution < -0.4 is 10.6 Å². The zero-order chi connectivity index (χ0) is 10.3. The summed E-state index contributed by atoms with van der Waals surface area (Å²) in [4.78, 5) is 0. The Hall–Kier alpha value is -0.930. The average molecular weight is 206 g/mol. The van der Waals surface area contributed by atoms with Crippen molar-refractivity contribution in [2.45, 2.75) is 6.04 Å². The van der Waals surface area contributed by atoms with E-state index in [2.05, 4.69) is 10.6 Å². The molecule has 2 fully saturated rings. The van der Waals surface area contributed by atoms with E-state index < -0.39 is 0 Å². The highest BCUT2D eigenvalue weighted by Crippen LogP contribution is 2.35. The molecule has 3 rings (SSSR count). The van der Waals surface area contributed by atoms with Crippen LogP contribution in [-0.2, 0) is 0 Å². The third-order valence-corrected chi connectivity index (χ3v) is 3.63. The number of fused-ring (bicyclic) bond motifs is 1. The number of rotatable bonds is 1. The van der Waals surface area contributed by atoms with Gasteiger partial charge in [-0.3, -0.25) is 0 Å². The molecule has 3 heteroatoms. The summed E-state index contributed by atoms with van der Waals surface area (Å²) in [5.41, 5.74) is 1.09. The topological polar surface area (TPSA) is 24.1 Å². The van der Waals surface area contributed by atoms with Crippen LogP contribution in [0.3, 0.4) is 0 Å². The molecule has 0 aliphatic carbocycles. The van der Waals surface area contributed by atoms with Crippen molar-refractivity contribution < 1.29 is 4.39 Å². The highest BCUT2D eigenvalue weighted by molar-refractivity contribution is 5.23. The lowest BCUT2D eigenvalue weighted by Crippen LogP contribution is -2.23. The summed E-state index contributed by atoms with van der Waals surface area (Å²) in [5, 5.41) is 6.90. The van der Waals surface area contributed by atoms with Gasteiger partial charge in [-0.25, -0.2) is 4.39 Å². The summed E-state index contributed by atoms with van der Waals surface area (Å²) in [6.07, 6.45) is 0. The first-order valence-corrected chi connectivity index (χ1v) is 5.54. The quantitative estimate of drug-likeness (QED) is 0.724. The molecule has 0 aromatic heterocycles. The van der Waals surface area contributed by atoms with Crippen LogP contribution in [0.5, 0.6) is 0 Å². The number of halogens is 1. The third kappa shape index (κ3) is 1.56. The fourth-order valence-corrected chi connectivity index (χ4v) is 2.86. The van der Waals surface area contributed by atoms with Crippen LogP contribution in [0, 0.1) is 17.7 Å². The predicted molar refractivity (Wildman–Crippen MR) is 57.0 cm³/mol. The van der Waals surface area contributed by atoms with Gasteiger partial charge < -0.3 is 10.6 Å². The minimum absolute atomic E-state index is 0.135. The van der Waals surface area contributed by atoms with Crippen molar-refractivity contribution in [3.05, 3.63) is 35.6 Å². The standard InChI is InChI=1S/C12H15FN2/c13-10-3-1-2-8(4-10)12-11-7-14-5-9(11)6-15-12/h1-4,9,11-12,14-15H,5-7H2/t9-,11-,12-/m0/s1. The summed E-state index contributed by atoms with van der Waals surface area (Å²) < 4.78 is 13.1. The van der Waals surface area contributed by atoms with E-state index >= 15 is 0 Å². The number of hydrogen-bond donors (Lipinski definition) is 2. The Morgan fingerprint density at radius 2 is 2.13 bits per heavy atom. The van der Waals surface area contributed by atoms with E-state index in [0.29, 0.717) is 12.0 Å². The van der Waals surface area contributed by atoms with Crippen molar-refractivity contribution in [3.63, 3.8) is 0 Å². The lowest BCUT2D eigenvalue weighted by atomic mass is 9.90. The number of hydrogen-bond acceptors (Lipinski definition) is 2. The molecule has 15 heavy (non-hydrogen) atoms. The van der Waals surface area contributed by atoms with Crippen molar-refractivity contribution >= 4 is 0 Å². The van der Waals surface area contributed by atoms with Gasteiger partial charge in [0, 0.05) is 19.1 Å². The van der Waals surface area contributed by atoms with Crippen molar-refractivity contribution in [1.82, 2.24) is 10.6 Å². The van der Waals surface area contributed by atoms with Crippen LogP contribution in [0.1, 0.15) is 11.6 Å². The first-order chi connectivity index (χ1) is 7.34. The molecule has 0 saturated carbocycles.